The van der Waals surface area contributed by atoms with E-state index in [9.17, 15) is 0 Å². The lowest BCUT2D eigenvalue weighted by Gasteiger charge is -2.04. The number of aromatic amines is 2. The Labute approximate surface area is 174 Å². The topological polar surface area (TPSA) is 57.4 Å². The number of hydrogen-bond acceptors (Lipinski definition) is 4. The first kappa shape index (κ1) is 18.9. The van der Waals surface area contributed by atoms with Crippen LogP contribution < -0.4 is 0 Å². The number of aryl methyl sites for hydroxylation is 2. The molecule has 2 heterocycles. The molecule has 142 valence electrons. The fourth-order valence-corrected chi connectivity index (χ4v) is 3.70. The molecular formula is C22H22N4S2. The lowest BCUT2D eigenvalue weighted by molar-refractivity contribution is 0.914. The lowest BCUT2D eigenvalue weighted by atomic mass is 10.1. The quantitative estimate of drug-likeness (QED) is 0.359. The minimum Gasteiger partial charge on any atom is -0.342 e. The fourth-order valence-electron chi connectivity index (χ4n) is 3.29. The van der Waals surface area contributed by atoms with Crippen LogP contribution in [0.1, 0.15) is 37.3 Å². The Hall–Kier alpha value is -2.44. The number of imidazole rings is 2. The van der Waals surface area contributed by atoms with Gasteiger partial charge < -0.3 is 9.97 Å². The molecule has 4 nitrogen and oxygen atoms in total. The van der Waals surface area contributed by atoms with Gasteiger partial charge in [-0.2, -0.15) is 0 Å². The third kappa shape index (κ3) is 4.69. The van der Waals surface area contributed by atoms with Crippen molar-refractivity contribution >= 4 is 56.2 Å². The average Bonchev–Trinajstić information content (AvgIpc) is 3.32. The number of hydrogen-bond donors (Lipinski definition) is 2. The summed E-state index contributed by atoms with van der Waals surface area (Å²) in [5.74, 6) is 1.99. The van der Waals surface area contributed by atoms with Gasteiger partial charge >= 0.3 is 0 Å². The standard InChI is InChI=1S/C22H22N4S2/c27-15(11-13-21-23-17-5-1-2-6-18(17)24-21)9-10-16(28)12-14-22-25-19-7-3-4-8-20(19)26-22/h1-8H,9-14H2,(H,23,24)(H,25,26). The van der Waals surface area contributed by atoms with Crippen LogP contribution in [0.25, 0.3) is 22.1 Å². The van der Waals surface area contributed by atoms with E-state index >= 15 is 0 Å². The Morgan fingerprint density at radius 3 is 1.50 bits per heavy atom. The third-order valence-electron chi connectivity index (χ3n) is 4.84. The number of thiocarbonyl (C=S) groups is 2. The molecule has 0 radical (unpaired) electrons. The van der Waals surface area contributed by atoms with Gasteiger partial charge in [0.15, 0.2) is 0 Å². The van der Waals surface area contributed by atoms with Gasteiger partial charge in [0.05, 0.1) is 22.1 Å². The Balaban J connectivity index is 1.20. The summed E-state index contributed by atoms with van der Waals surface area (Å²) < 4.78 is 0. The molecule has 0 bridgehead atoms. The Bertz CT molecular complexity index is 970. The van der Waals surface area contributed by atoms with Gasteiger partial charge in [0.2, 0.25) is 0 Å². The van der Waals surface area contributed by atoms with E-state index in [4.69, 9.17) is 24.4 Å². The Morgan fingerprint density at radius 1 is 0.643 bits per heavy atom. The Morgan fingerprint density at radius 2 is 1.07 bits per heavy atom. The lowest BCUT2D eigenvalue weighted by Crippen LogP contribution is -2.04. The van der Waals surface area contributed by atoms with E-state index in [0.717, 1.165) is 82.0 Å². The van der Waals surface area contributed by atoms with Crippen molar-refractivity contribution in [2.45, 2.75) is 38.5 Å². The smallest absolute Gasteiger partial charge is 0.107 e. The van der Waals surface area contributed by atoms with E-state index in [1.165, 1.54) is 0 Å². The van der Waals surface area contributed by atoms with Crippen molar-refractivity contribution in [3.63, 3.8) is 0 Å². The van der Waals surface area contributed by atoms with Crippen molar-refractivity contribution in [3.05, 3.63) is 60.2 Å². The zero-order valence-electron chi connectivity index (χ0n) is 15.6. The van der Waals surface area contributed by atoms with E-state index in [1.54, 1.807) is 0 Å². The fraction of sp³-hybridized carbons (Fsp3) is 0.273. The van der Waals surface area contributed by atoms with Gasteiger partial charge in [-0.15, -0.1) is 0 Å². The average molecular weight is 407 g/mol. The summed E-state index contributed by atoms with van der Waals surface area (Å²) in [6, 6.07) is 16.2. The van der Waals surface area contributed by atoms with Crippen LogP contribution >= 0.6 is 24.4 Å². The molecule has 6 heteroatoms. The maximum absolute atomic E-state index is 5.55. The second-order valence-electron chi connectivity index (χ2n) is 6.98. The molecule has 2 aromatic heterocycles. The number of H-pyrrole nitrogens is 2. The summed E-state index contributed by atoms with van der Waals surface area (Å²) in [5.41, 5.74) is 4.18. The van der Waals surface area contributed by atoms with Crippen LogP contribution in [0.4, 0.5) is 0 Å². The number of para-hydroxylation sites is 4. The van der Waals surface area contributed by atoms with Crippen LogP contribution in [-0.2, 0) is 12.8 Å². The van der Waals surface area contributed by atoms with Crippen molar-refractivity contribution < 1.29 is 0 Å². The molecule has 4 aromatic rings. The summed E-state index contributed by atoms with van der Waals surface area (Å²) in [7, 11) is 0. The molecule has 2 N–H and O–H groups in total. The largest absolute Gasteiger partial charge is 0.342 e. The maximum atomic E-state index is 5.55. The number of benzene rings is 2. The molecule has 0 aliphatic carbocycles. The summed E-state index contributed by atoms with van der Waals surface area (Å²) in [4.78, 5) is 18.1. The van der Waals surface area contributed by atoms with Crippen molar-refractivity contribution in [3.8, 4) is 0 Å². The molecular weight excluding hydrogens is 384 g/mol. The predicted molar refractivity (Wildman–Crippen MR) is 123 cm³/mol. The molecule has 0 saturated heterocycles. The molecule has 0 aliphatic rings. The molecule has 28 heavy (non-hydrogen) atoms. The highest BCUT2D eigenvalue weighted by Crippen LogP contribution is 2.14. The molecule has 0 unspecified atom stereocenters. The monoisotopic (exact) mass is 406 g/mol. The molecule has 2 aromatic carbocycles. The molecule has 0 atom stereocenters. The van der Waals surface area contributed by atoms with E-state index < -0.39 is 0 Å². The molecule has 0 aliphatic heterocycles. The zero-order chi connectivity index (χ0) is 19.3. The van der Waals surface area contributed by atoms with Gasteiger partial charge in [0, 0.05) is 12.8 Å². The third-order valence-corrected chi connectivity index (χ3v) is 5.66. The highest BCUT2D eigenvalue weighted by Gasteiger charge is 2.07. The first-order valence-corrected chi connectivity index (χ1v) is 10.4. The van der Waals surface area contributed by atoms with Crippen molar-refractivity contribution in [1.29, 1.82) is 0 Å². The number of nitrogens with zero attached hydrogens (tertiary/aromatic N) is 2. The van der Waals surface area contributed by atoms with Crippen LogP contribution in [0.5, 0.6) is 0 Å². The highest BCUT2D eigenvalue weighted by atomic mass is 32.1. The van der Waals surface area contributed by atoms with E-state index in [0.29, 0.717) is 0 Å². The molecule has 0 saturated carbocycles. The predicted octanol–water partition coefficient (Wildman–Crippen LogP) is 5.52. The minimum absolute atomic E-state index is 0.846. The van der Waals surface area contributed by atoms with Gasteiger partial charge in [-0.05, 0) is 59.7 Å². The van der Waals surface area contributed by atoms with Crippen molar-refractivity contribution in [2.75, 3.05) is 0 Å². The first-order chi connectivity index (χ1) is 13.7. The summed E-state index contributed by atoms with van der Waals surface area (Å²) >= 11 is 11.1. The van der Waals surface area contributed by atoms with Gasteiger partial charge in [-0.3, -0.25) is 0 Å². The second kappa shape index (κ2) is 8.71. The van der Waals surface area contributed by atoms with Gasteiger partial charge in [-0.1, -0.05) is 48.7 Å². The molecule has 0 amide bonds. The highest BCUT2D eigenvalue weighted by molar-refractivity contribution is 7.80. The number of fused-ring (bicyclic) bond motifs is 2. The second-order valence-corrected chi connectivity index (χ2v) is 8.13. The Kier molecular flexibility index (Phi) is 5.88. The minimum atomic E-state index is 0.846. The summed E-state index contributed by atoms with van der Waals surface area (Å²) in [6.45, 7) is 0. The van der Waals surface area contributed by atoms with Crippen LogP contribution in [-0.4, -0.2) is 29.7 Å². The molecule has 0 fully saturated rings. The molecule has 4 rings (SSSR count). The number of aromatic nitrogens is 4. The SMILES string of the molecule is S=C(CCC(=S)CCc1nc2ccccc2[nH]1)CCc1nc2ccccc2[nH]1. The maximum Gasteiger partial charge on any atom is 0.107 e. The van der Waals surface area contributed by atoms with Crippen LogP contribution in [0.15, 0.2) is 48.5 Å². The van der Waals surface area contributed by atoms with Gasteiger partial charge in [0.25, 0.3) is 0 Å². The van der Waals surface area contributed by atoms with Crippen LogP contribution in [0.2, 0.25) is 0 Å². The van der Waals surface area contributed by atoms with Gasteiger partial charge in [-0.25, -0.2) is 9.97 Å². The van der Waals surface area contributed by atoms with Gasteiger partial charge in [0.1, 0.15) is 11.6 Å². The zero-order valence-corrected chi connectivity index (χ0v) is 17.2. The molecule has 0 spiro atoms. The van der Waals surface area contributed by atoms with E-state index in [2.05, 4.69) is 19.9 Å². The van der Waals surface area contributed by atoms with Crippen LogP contribution in [0, 0.1) is 0 Å². The van der Waals surface area contributed by atoms with E-state index in [-0.39, 0.29) is 0 Å². The number of rotatable bonds is 9. The number of nitrogens with one attached hydrogen (secondary N) is 2. The van der Waals surface area contributed by atoms with E-state index in [1.807, 2.05) is 48.5 Å². The van der Waals surface area contributed by atoms with Crippen LogP contribution in [0.3, 0.4) is 0 Å². The normalized spacial score (nSPS) is 11.3. The summed E-state index contributed by atoms with van der Waals surface area (Å²) in [6.07, 6.45) is 5.16. The van der Waals surface area contributed by atoms with Crippen molar-refractivity contribution in [1.82, 2.24) is 19.9 Å². The van der Waals surface area contributed by atoms with Crippen molar-refractivity contribution in [2.24, 2.45) is 0 Å². The summed E-state index contributed by atoms with van der Waals surface area (Å²) in [5, 5.41) is 0. The first-order valence-electron chi connectivity index (χ1n) is 9.58.